The minimum absolute atomic E-state index is 0.101. The zero-order chi connectivity index (χ0) is 19.7. The lowest BCUT2D eigenvalue weighted by molar-refractivity contribution is 0.0692. The molecule has 4 rings (SSSR count). The molecule has 1 aliphatic heterocycles. The van der Waals surface area contributed by atoms with Gasteiger partial charge in [0.1, 0.15) is 0 Å². The fourth-order valence-electron chi connectivity index (χ4n) is 3.79. The molecule has 1 saturated heterocycles. The second-order valence-corrected chi connectivity index (χ2v) is 7.50. The van der Waals surface area contributed by atoms with Gasteiger partial charge in [0.05, 0.1) is 0 Å². The highest BCUT2D eigenvalue weighted by Crippen LogP contribution is 2.24. The lowest BCUT2D eigenvalue weighted by atomic mass is 9.96. The van der Waals surface area contributed by atoms with Crippen LogP contribution >= 0.6 is 0 Å². The van der Waals surface area contributed by atoms with Crippen LogP contribution in [0.15, 0.2) is 36.8 Å². The van der Waals surface area contributed by atoms with Crippen LogP contribution in [0, 0.1) is 19.8 Å². The molecule has 146 valence electrons. The van der Waals surface area contributed by atoms with Gasteiger partial charge in [-0.3, -0.25) is 9.20 Å². The van der Waals surface area contributed by atoms with Crippen LogP contribution in [-0.4, -0.2) is 44.8 Å². The summed E-state index contributed by atoms with van der Waals surface area (Å²) in [6.07, 6.45) is 7.44. The van der Waals surface area contributed by atoms with Crippen molar-refractivity contribution in [1.82, 2.24) is 19.3 Å². The first-order valence-corrected chi connectivity index (χ1v) is 9.72. The molecule has 0 atom stereocenters. The summed E-state index contributed by atoms with van der Waals surface area (Å²) in [5.74, 6) is 1.33. The number of piperidine rings is 1. The van der Waals surface area contributed by atoms with Gasteiger partial charge < -0.3 is 16.0 Å². The first-order chi connectivity index (χ1) is 13.6. The van der Waals surface area contributed by atoms with Gasteiger partial charge in [-0.25, -0.2) is 9.97 Å². The van der Waals surface area contributed by atoms with E-state index in [0.717, 1.165) is 54.1 Å². The Kier molecular flexibility index (Phi) is 5.00. The second kappa shape index (κ2) is 7.59. The Morgan fingerprint density at radius 3 is 2.75 bits per heavy atom. The number of amides is 1. The predicted molar refractivity (Wildman–Crippen MR) is 110 cm³/mol. The Hall–Kier alpha value is -2.93. The Balaban J connectivity index is 1.52. The molecule has 7 nitrogen and oxygen atoms in total. The molecule has 1 aromatic carbocycles. The summed E-state index contributed by atoms with van der Waals surface area (Å²) in [6.45, 7) is 6.25. The van der Waals surface area contributed by atoms with Crippen molar-refractivity contribution in [2.75, 3.05) is 25.0 Å². The Morgan fingerprint density at radius 2 is 2.04 bits per heavy atom. The van der Waals surface area contributed by atoms with Crippen molar-refractivity contribution < 1.29 is 4.79 Å². The average Bonchev–Trinajstić information content (AvgIpc) is 3.10. The van der Waals surface area contributed by atoms with Gasteiger partial charge in [-0.15, -0.1) is 0 Å². The third-order valence-corrected chi connectivity index (χ3v) is 5.57. The van der Waals surface area contributed by atoms with Gasteiger partial charge in [-0.2, -0.15) is 0 Å². The number of hydrogen-bond donors (Lipinski definition) is 2. The van der Waals surface area contributed by atoms with Gasteiger partial charge in [0.15, 0.2) is 11.5 Å². The van der Waals surface area contributed by atoms with E-state index in [1.54, 1.807) is 6.20 Å². The number of fused-ring (bicyclic) bond motifs is 1. The zero-order valence-corrected chi connectivity index (χ0v) is 16.4. The maximum Gasteiger partial charge on any atom is 0.254 e. The Bertz CT molecular complexity index is 1000. The molecule has 1 amide bonds. The van der Waals surface area contributed by atoms with Gasteiger partial charge in [0, 0.05) is 48.6 Å². The summed E-state index contributed by atoms with van der Waals surface area (Å²) in [5, 5.41) is 3.33. The average molecular weight is 378 g/mol. The number of carbonyl (C=O) groups is 1. The molecule has 0 unspecified atom stereocenters. The van der Waals surface area contributed by atoms with E-state index >= 15 is 0 Å². The maximum atomic E-state index is 12.9. The fraction of sp³-hybridized carbons (Fsp3) is 0.381. The summed E-state index contributed by atoms with van der Waals surface area (Å²) in [6, 6.07) is 5.81. The molecule has 3 N–H and O–H groups in total. The fourth-order valence-corrected chi connectivity index (χ4v) is 3.79. The maximum absolute atomic E-state index is 12.9. The Labute approximate surface area is 164 Å². The number of rotatable bonds is 4. The molecular formula is C21H26N6O. The van der Waals surface area contributed by atoms with Crippen LogP contribution in [0.1, 0.15) is 34.5 Å². The van der Waals surface area contributed by atoms with E-state index in [2.05, 4.69) is 15.3 Å². The number of nitrogens with one attached hydrogen (secondary N) is 1. The van der Waals surface area contributed by atoms with Crippen molar-refractivity contribution in [3.05, 3.63) is 53.6 Å². The Morgan fingerprint density at radius 1 is 1.25 bits per heavy atom. The molecule has 3 aromatic rings. The van der Waals surface area contributed by atoms with E-state index in [1.807, 2.05) is 53.7 Å². The van der Waals surface area contributed by atoms with Crippen LogP contribution in [0.25, 0.3) is 5.65 Å². The number of likely N-dealkylation sites (tertiary alicyclic amines) is 1. The van der Waals surface area contributed by atoms with E-state index in [-0.39, 0.29) is 5.91 Å². The molecule has 3 heterocycles. The topological polar surface area (TPSA) is 88.5 Å². The highest BCUT2D eigenvalue weighted by Gasteiger charge is 2.23. The van der Waals surface area contributed by atoms with E-state index in [4.69, 9.17) is 5.73 Å². The van der Waals surface area contributed by atoms with Gasteiger partial charge in [0.25, 0.3) is 5.91 Å². The van der Waals surface area contributed by atoms with Crippen LogP contribution < -0.4 is 11.1 Å². The molecule has 28 heavy (non-hydrogen) atoms. The quantitative estimate of drug-likeness (QED) is 0.729. The summed E-state index contributed by atoms with van der Waals surface area (Å²) in [7, 11) is 0. The van der Waals surface area contributed by atoms with E-state index in [9.17, 15) is 4.79 Å². The molecule has 1 fully saturated rings. The van der Waals surface area contributed by atoms with Crippen LogP contribution in [0.4, 0.5) is 11.5 Å². The van der Waals surface area contributed by atoms with E-state index in [0.29, 0.717) is 18.3 Å². The molecule has 2 aromatic heterocycles. The number of imidazole rings is 1. The molecule has 0 saturated carbocycles. The van der Waals surface area contributed by atoms with Gasteiger partial charge in [0.2, 0.25) is 0 Å². The monoisotopic (exact) mass is 378 g/mol. The third-order valence-electron chi connectivity index (χ3n) is 5.57. The zero-order valence-electron chi connectivity index (χ0n) is 16.4. The van der Waals surface area contributed by atoms with Crippen molar-refractivity contribution in [3.63, 3.8) is 0 Å². The molecule has 0 spiro atoms. The first-order valence-electron chi connectivity index (χ1n) is 9.72. The van der Waals surface area contributed by atoms with Crippen molar-refractivity contribution in [2.24, 2.45) is 11.7 Å². The van der Waals surface area contributed by atoms with Gasteiger partial charge in [-0.05, 0) is 62.9 Å². The van der Waals surface area contributed by atoms with Gasteiger partial charge >= 0.3 is 0 Å². The molecular weight excluding hydrogens is 352 g/mol. The number of aryl methyl sites for hydroxylation is 2. The lowest BCUT2D eigenvalue weighted by Gasteiger charge is -2.31. The number of nitrogens with zero attached hydrogens (tertiary/aromatic N) is 4. The first kappa shape index (κ1) is 18.4. The third kappa shape index (κ3) is 3.45. The molecule has 0 aliphatic carbocycles. The number of carbonyl (C=O) groups excluding carboxylic acids is 1. The lowest BCUT2D eigenvalue weighted by Crippen LogP contribution is -2.40. The highest BCUT2D eigenvalue weighted by molar-refractivity contribution is 5.96. The predicted octanol–water partition coefficient (Wildman–Crippen LogP) is 2.90. The van der Waals surface area contributed by atoms with E-state index < -0.39 is 0 Å². The number of aromatic nitrogens is 3. The SMILES string of the molecule is Cc1cc(Nc2nccn3c(C)cnc23)ccc1C(=O)N1CCC(CN)CC1. The summed E-state index contributed by atoms with van der Waals surface area (Å²) in [4.78, 5) is 23.7. The number of benzene rings is 1. The molecule has 0 radical (unpaired) electrons. The summed E-state index contributed by atoms with van der Waals surface area (Å²) in [5.41, 5.74) is 10.2. The summed E-state index contributed by atoms with van der Waals surface area (Å²) >= 11 is 0. The van der Waals surface area contributed by atoms with Crippen LogP contribution in [0.2, 0.25) is 0 Å². The molecule has 0 bridgehead atoms. The van der Waals surface area contributed by atoms with Crippen LogP contribution in [0.3, 0.4) is 0 Å². The van der Waals surface area contributed by atoms with Crippen molar-refractivity contribution in [2.45, 2.75) is 26.7 Å². The molecule has 7 heteroatoms. The minimum atomic E-state index is 0.101. The summed E-state index contributed by atoms with van der Waals surface area (Å²) < 4.78 is 1.99. The number of nitrogens with two attached hydrogens (primary N) is 1. The standard InChI is InChI=1S/C21H26N6O/c1-14-11-17(25-19-20-24-13-15(2)27(20)10-7-23-19)3-4-18(14)21(28)26-8-5-16(12-22)6-9-26/h3-4,7,10-11,13,16H,5-6,8-9,12,22H2,1-2H3,(H,23,25). The van der Waals surface area contributed by atoms with Crippen molar-refractivity contribution >= 4 is 23.1 Å². The molecule has 1 aliphatic rings. The number of hydrogen-bond acceptors (Lipinski definition) is 5. The smallest absolute Gasteiger partial charge is 0.254 e. The van der Waals surface area contributed by atoms with Crippen molar-refractivity contribution in [1.29, 1.82) is 0 Å². The van der Waals surface area contributed by atoms with Crippen LogP contribution in [0.5, 0.6) is 0 Å². The number of anilines is 2. The minimum Gasteiger partial charge on any atom is -0.339 e. The van der Waals surface area contributed by atoms with Crippen molar-refractivity contribution in [3.8, 4) is 0 Å². The largest absolute Gasteiger partial charge is 0.339 e. The normalized spacial score (nSPS) is 15.2. The van der Waals surface area contributed by atoms with Crippen LogP contribution in [-0.2, 0) is 0 Å². The van der Waals surface area contributed by atoms with E-state index in [1.165, 1.54) is 0 Å². The second-order valence-electron chi connectivity index (χ2n) is 7.50. The highest BCUT2D eigenvalue weighted by atomic mass is 16.2. The van der Waals surface area contributed by atoms with Gasteiger partial charge in [-0.1, -0.05) is 0 Å².